The highest BCUT2D eigenvalue weighted by atomic mass is 16.5. The number of H-pyrrole nitrogens is 1. The van der Waals surface area contributed by atoms with E-state index in [2.05, 4.69) is 25.5 Å². The van der Waals surface area contributed by atoms with Crippen LogP contribution in [0.1, 0.15) is 12.5 Å². The zero-order chi connectivity index (χ0) is 20.9. The number of carbonyl (C=O) groups is 2. The number of nitrogens with zero attached hydrogens (tertiary/aromatic N) is 2. The van der Waals surface area contributed by atoms with E-state index < -0.39 is 6.04 Å². The molecule has 1 fully saturated rings. The molecular formula is C22H25N5O3. The van der Waals surface area contributed by atoms with E-state index in [1.165, 1.54) is 6.92 Å². The highest BCUT2D eigenvalue weighted by Gasteiger charge is 2.22. The number of anilines is 2. The van der Waals surface area contributed by atoms with E-state index in [4.69, 9.17) is 4.74 Å². The van der Waals surface area contributed by atoms with Crippen molar-refractivity contribution >= 4 is 34.2 Å². The first-order valence-corrected chi connectivity index (χ1v) is 10.0. The van der Waals surface area contributed by atoms with Gasteiger partial charge in [0, 0.05) is 43.5 Å². The molecule has 8 heteroatoms. The first-order chi connectivity index (χ1) is 14.6. The summed E-state index contributed by atoms with van der Waals surface area (Å²) in [5, 5.41) is 6.67. The minimum atomic E-state index is -0.694. The molecule has 8 nitrogen and oxygen atoms in total. The van der Waals surface area contributed by atoms with Gasteiger partial charge in [-0.2, -0.15) is 0 Å². The maximum absolute atomic E-state index is 12.9. The fourth-order valence-electron chi connectivity index (χ4n) is 3.64. The summed E-state index contributed by atoms with van der Waals surface area (Å²) in [5.74, 6) is 0.320. The molecule has 2 aromatic heterocycles. The van der Waals surface area contributed by atoms with Crippen LogP contribution in [0.2, 0.25) is 0 Å². The maximum atomic E-state index is 12.9. The number of aromatic nitrogens is 2. The molecule has 1 aromatic carbocycles. The van der Waals surface area contributed by atoms with Crippen LogP contribution < -0.4 is 15.5 Å². The summed E-state index contributed by atoms with van der Waals surface area (Å²) in [5.41, 5.74) is 2.56. The molecule has 0 bridgehead atoms. The number of fused-ring (bicyclic) bond motifs is 1. The summed E-state index contributed by atoms with van der Waals surface area (Å²) in [6.45, 7) is 4.38. The van der Waals surface area contributed by atoms with E-state index >= 15 is 0 Å². The van der Waals surface area contributed by atoms with Gasteiger partial charge >= 0.3 is 0 Å². The van der Waals surface area contributed by atoms with Crippen molar-refractivity contribution in [3.63, 3.8) is 0 Å². The van der Waals surface area contributed by atoms with Gasteiger partial charge in [0.25, 0.3) is 0 Å². The Kier molecular flexibility index (Phi) is 5.94. The lowest BCUT2D eigenvalue weighted by Crippen LogP contribution is -2.44. The average Bonchev–Trinajstić information content (AvgIpc) is 3.17. The van der Waals surface area contributed by atoms with E-state index in [-0.39, 0.29) is 11.8 Å². The molecule has 0 spiro atoms. The summed E-state index contributed by atoms with van der Waals surface area (Å²) < 4.78 is 5.36. The quantitative estimate of drug-likeness (QED) is 0.581. The van der Waals surface area contributed by atoms with Gasteiger partial charge in [0.1, 0.15) is 11.9 Å². The minimum absolute atomic E-state index is 0.254. The zero-order valence-corrected chi connectivity index (χ0v) is 16.9. The van der Waals surface area contributed by atoms with Gasteiger partial charge in [-0.1, -0.05) is 18.2 Å². The van der Waals surface area contributed by atoms with Crippen molar-refractivity contribution in [1.82, 2.24) is 15.3 Å². The van der Waals surface area contributed by atoms with Crippen molar-refractivity contribution in [2.45, 2.75) is 19.4 Å². The summed E-state index contributed by atoms with van der Waals surface area (Å²) in [6.07, 6.45) is 3.90. The Hall–Kier alpha value is -3.39. The number of nitrogens with one attached hydrogen (secondary N) is 3. The average molecular weight is 407 g/mol. The smallest absolute Gasteiger partial charge is 0.247 e. The second-order valence-corrected chi connectivity index (χ2v) is 7.31. The third-order valence-corrected chi connectivity index (χ3v) is 5.14. The molecule has 0 radical (unpaired) electrons. The summed E-state index contributed by atoms with van der Waals surface area (Å²) in [7, 11) is 0. The van der Waals surface area contributed by atoms with Crippen molar-refractivity contribution in [3.05, 3.63) is 54.4 Å². The molecule has 3 N–H and O–H groups in total. The Morgan fingerprint density at radius 3 is 2.73 bits per heavy atom. The molecule has 3 heterocycles. The number of hydrogen-bond acceptors (Lipinski definition) is 5. The van der Waals surface area contributed by atoms with E-state index in [0.717, 1.165) is 35.4 Å². The Bertz CT molecular complexity index is 1020. The summed E-state index contributed by atoms with van der Waals surface area (Å²) >= 11 is 0. The monoisotopic (exact) mass is 407 g/mol. The van der Waals surface area contributed by atoms with Crippen molar-refractivity contribution in [2.75, 3.05) is 36.5 Å². The lowest BCUT2D eigenvalue weighted by atomic mass is 10.0. The van der Waals surface area contributed by atoms with Crippen LogP contribution in [0.15, 0.2) is 48.8 Å². The van der Waals surface area contributed by atoms with Gasteiger partial charge in [0.2, 0.25) is 11.8 Å². The van der Waals surface area contributed by atoms with Crippen LogP contribution in [-0.2, 0) is 20.7 Å². The van der Waals surface area contributed by atoms with Crippen molar-refractivity contribution in [2.24, 2.45) is 0 Å². The number of ether oxygens (including phenoxy) is 1. The number of amides is 2. The van der Waals surface area contributed by atoms with Crippen molar-refractivity contribution in [1.29, 1.82) is 0 Å². The Balaban J connectivity index is 1.46. The molecule has 1 unspecified atom stereocenters. The summed E-state index contributed by atoms with van der Waals surface area (Å²) in [6, 6.07) is 10.9. The number of rotatable bonds is 6. The van der Waals surface area contributed by atoms with Crippen LogP contribution >= 0.6 is 0 Å². The fourth-order valence-corrected chi connectivity index (χ4v) is 3.64. The van der Waals surface area contributed by atoms with Gasteiger partial charge < -0.3 is 25.3 Å². The molecule has 0 saturated carbocycles. The van der Waals surface area contributed by atoms with Crippen LogP contribution in [0.4, 0.5) is 11.5 Å². The second-order valence-electron chi connectivity index (χ2n) is 7.31. The first-order valence-electron chi connectivity index (χ1n) is 10.0. The zero-order valence-electron chi connectivity index (χ0n) is 16.9. The molecule has 3 aromatic rings. The number of pyridine rings is 1. The molecule has 156 valence electrons. The van der Waals surface area contributed by atoms with E-state index in [9.17, 15) is 9.59 Å². The number of carbonyl (C=O) groups excluding carboxylic acids is 2. The highest BCUT2D eigenvalue weighted by Crippen LogP contribution is 2.20. The van der Waals surface area contributed by atoms with Crippen LogP contribution in [0.3, 0.4) is 0 Å². The van der Waals surface area contributed by atoms with Crippen molar-refractivity contribution < 1.29 is 14.3 Å². The molecule has 1 atom stereocenters. The maximum Gasteiger partial charge on any atom is 0.247 e. The molecule has 1 aliphatic rings. The molecule has 30 heavy (non-hydrogen) atoms. The molecule has 1 aliphatic heterocycles. The van der Waals surface area contributed by atoms with E-state index in [1.54, 1.807) is 6.20 Å². The molecule has 4 rings (SSSR count). The standard InChI is InChI=1S/C22H25N5O3/c1-15(28)25-20(12-16-13-23-19-5-3-2-4-18(16)19)22(29)26-17-6-7-21(24-14-17)27-8-10-30-11-9-27/h2-7,13-14,20,23H,8-12H2,1H3,(H,25,28)(H,26,29). The predicted octanol–water partition coefficient (Wildman–Crippen LogP) is 2.09. The van der Waals surface area contributed by atoms with E-state index in [0.29, 0.717) is 25.3 Å². The number of aromatic amines is 1. The van der Waals surface area contributed by atoms with Gasteiger partial charge in [-0.05, 0) is 23.8 Å². The molecule has 2 amide bonds. The second kappa shape index (κ2) is 8.96. The topological polar surface area (TPSA) is 99.3 Å². The molecular weight excluding hydrogens is 382 g/mol. The SMILES string of the molecule is CC(=O)NC(Cc1c[nH]c2ccccc12)C(=O)Nc1ccc(N2CCOCC2)nc1. The third kappa shape index (κ3) is 4.60. The van der Waals surface area contributed by atoms with Crippen LogP contribution in [-0.4, -0.2) is 54.1 Å². The van der Waals surface area contributed by atoms with Gasteiger partial charge in [-0.3, -0.25) is 9.59 Å². The highest BCUT2D eigenvalue weighted by molar-refractivity contribution is 5.97. The third-order valence-electron chi connectivity index (χ3n) is 5.14. The van der Waals surface area contributed by atoms with Gasteiger partial charge in [0.05, 0.1) is 25.1 Å². The van der Waals surface area contributed by atoms with Gasteiger partial charge in [0.15, 0.2) is 0 Å². The first kappa shape index (κ1) is 19.9. The largest absolute Gasteiger partial charge is 0.378 e. The minimum Gasteiger partial charge on any atom is -0.378 e. The van der Waals surface area contributed by atoms with Crippen molar-refractivity contribution in [3.8, 4) is 0 Å². The lowest BCUT2D eigenvalue weighted by molar-refractivity contribution is -0.125. The number of morpholine rings is 1. The number of para-hydroxylation sites is 1. The van der Waals surface area contributed by atoms with Crippen LogP contribution in [0.5, 0.6) is 0 Å². The lowest BCUT2D eigenvalue weighted by Gasteiger charge is -2.27. The van der Waals surface area contributed by atoms with E-state index in [1.807, 2.05) is 42.6 Å². The van der Waals surface area contributed by atoms with Gasteiger partial charge in [-0.25, -0.2) is 4.98 Å². The number of hydrogen-bond donors (Lipinski definition) is 3. The Morgan fingerprint density at radius 1 is 1.20 bits per heavy atom. The number of benzene rings is 1. The predicted molar refractivity (Wildman–Crippen MR) is 116 cm³/mol. The van der Waals surface area contributed by atoms with Crippen LogP contribution in [0, 0.1) is 0 Å². The van der Waals surface area contributed by atoms with Gasteiger partial charge in [-0.15, -0.1) is 0 Å². The summed E-state index contributed by atoms with van der Waals surface area (Å²) in [4.78, 5) is 34.4. The Morgan fingerprint density at radius 2 is 2.00 bits per heavy atom. The Labute approximate surface area is 174 Å². The normalized spacial score (nSPS) is 15.0. The van der Waals surface area contributed by atoms with Crippen LogP contribution in [0.25, 0.3) is 10.9 Å². The molecule has 0 aliphatic carbocycles. The fraction of sp³-hybridized carbons (Fsp3) is 0.318. The molecule has 1 saturated heterocycles.